The second kappa shape index (κ2) is 7.77. The Bertz CT molecular complexity index is 1190. The van der Waals surface area contributed by atoms with E-state index in [1.165, 1.54) is 22.5 Å². The van der Waals surface area contributed by atoms with Gasteiger partial charge >= 0.3 is 0 Å². The van der Waals surface area contributed by atoms with Crippen molar-refractivity contribution in [3.05, 3.63) is 64.0 Å². The van der Waals surface area contributed by atoms with E-state index in [-0.39, 0.29) is 23.8 Å². The van der Waals surface area contributed by atoms with E-state index in [4.69, 9.17) is 0 Å². The Morgan fingerprint density at radius 2 is 2.00 bits per heavy atom. The van der Waals surface area contributed by atoms with Crippen molar-refractivity contribution in [3.8, 4) is 0 Å². The Morgan fingerprint density at radius 3 is 2.71 bits per heavy atom. The fraction of sp³-hybridized carbons (Fsp3) is 0.360. The maximum Gasteiger partial charge on any atom is 0.263 e. The molecule has 1 aromatic carbocycles. The number of fused-ring (bicyclic) bond motifs is 2. The normalized spacial score (nSPS) is 20.4. The Kier molecular flexibility index (Phi) is 5.07. The predicted octanol–water partition coefficient (Wildman–Crippen LogP) is 4.13. The third kappa shape index (κ3) is 3.17. The van der Waals surface area contributed by atoms with Crippen LogP contribution in [0.3, 0.4) is 0 Å². The lowest BCUT2D eigenvalue weighted by molar-refractivity contribution is -0.134. The third-order valence-corrected chi connectivity index (χ3v) is 7.45. The van der Waals surface area contributed by atoms with Gasteiger partial charge in [-0.2, -0.15) is 11.3 Å². The van der Waals surface area contributed by atoms with Crippen LogP contribution < -0.4 is 0 Å². The molecular formula is C25H27N3O2S. The second-order valence-electron chi connectivity index (χ2n) is 8.44. The third-order valence-electron chi connectivity index (χ3n) is 6.77. The molecule has 0 N–H and O–H groups in total. The fourth-order valence-corrected chi connectivity index (χ4v) is 5.80. The van der Waals surface area contributed by atoms with Crippen LogP contribution in [0, 0.1) is 5.92 Å². The number of likely N-dealkylation sites (N-methyl/N-ethyl adjacent to an activating group) is 1. The Balaban J connectivity index is 1.62. The zero-order chi connectivity index (χ0) is 21.7. The summed E-state index contributed by atoms with van der Waals surface area (Å²) in [7, 11) is 2.11. The van der Waals surface area contributed by atoms with Gasteiger partial charge in [-0.05, 0) is 61.5 Å². The molecule has 0 fully saturated rings. The van der Waals surface area contributed by atoms with Crippen molar-refractivity contribution in [2.45, 2.75) is 26.3 Å². The number of thiophene rings is 1. The summed E-state index contributed by atoms with van der Waals surface area (Å²) in [5.74, 6) is 0.0740. The zero-order valence-electron chi connectivity index (χ0n) is 18.2. The van der Waals surface area contributed by atoms with E-state index in [1.807, 2.05) is 53.9 Å². The first-order valence-corrected chi connectivity index (χ1v) is 11.9. The standard InChI is InChI=1S/C25H27N3O2S/c1-4-27(5-2)24(29)18-11-20-19-7-6-8-21-23(19)17(12-22(20)26(3)13-18)14-28(21)25(30)16-9-10-31-15-16/h6-11,14-15,18,22H,4-5,12-13H2,1-3H3/t18-,22-/m1/s1. The Hall–Kier alpha value is -2.70. The molecule has 5 nitrogen and oxygen atoms in total. The number of aromatic nitrogens is 1. The Morgan fingerprint density at radius 1 is 1.19 bits per heavy atom. The molecule has 2 atom stereocenters. The molecule has 1 amide bonds. The number of hydrogen-bond donors (Lipinski definition) is 0. The molecular weight excluding hydrogens is 406 g/mol. The highest BCUT2D eigenvalue weighted by molar-refractivity contribution is 7.08. The summed E-state index contributed by atoms with van der Waals surface area (Å²) < 4.78 is 1.80. The first-order valence-electron chi connectivity index (χ1n) is 10.9. The summed E-state index contributed by atoms with van der Waals surface area (Å²) in [6, 6.07) is 8.30. The summed E-state index contributed by atoms with van der Waals surface area (Å²) >= 11 is 1.54. The van der Waals surface area contributed by atoms with Crippen molar-refractivity contribution in [2.24, 2.45) is 5.92 Å². The summed E-state index contributed by atoms with van der Waals surface area (Å²) in [5.41, 5.74) is 5.25. The van der Waals surface area contributed by atoms with Crippen LogP contribution in [0.15, 0.2) is 47.3 Å². The van der Waals surface area contributed by atoms with Gasteiger partial charge in [-0.25, -0.2) is 0 Å². The lowest BCUT2D eigenvalue weighted by Gasteiger charge is -2.40. The minimum Gasteiger partial charge on any atom is -0.343 e. The molecule has 3 heterocycles. The molecule has 0 saturated heterocycles. The van der Waals surface area contributed by atoms with Crippen LogP contribution in [0.2, 0.25) is 0 Å². The first kappa shape index (κ1) is 20.2. The number of amides is 1. The smallest absolute Gasteiger partial charge is 0.263 e. The largest absolute Gasteiger partial charge is 0.343 e. The van der Waals surface area contributed by atoms with Gasteiger partial charge in [-0.15, -0.1) is 0 Å². The molecule has 0 radical (unpaired) electrons. The maximum absolute atomic E-state index is 13.1. The van der Waals surface area contributed by atoms with E-state index in [9.17, 15) is 9.59 Å². The summed E-state index contributed by atoms with van der Waals surface area (Å²) in [4.78, 5) is 30.5. The van der Waals surface area contributed by atoms with Gasteiger partial charge < -0.3 is 4.90 Å². The van der Waals surface area contributed by atoms with Crippen LogP contribution in [0.4, 0.5) is 0 Å². The minimum absolute atomic E-state index is 0.0106. The molecule has 1 aliphatic carbocycles. The zero-order valence-corrected chi connectivity index (χ0v) is 19.0. The van der Waals surface area contributed by atoms with Crippen molar-refractivity contribution < 1.29 is 9.59 Å². The lowest BCUT2D eigenvalue weighted by atomic mass is 9.79. The molecule has 2 aromatic heterocycles. The average molecular weight is 434 g/mol. The maximum atomic E-state index is 13.1. The minimum atomic E-state index is -0.137. The van der Waals surface area contributed by atoms with Crippen LogP contribution in [0.5, 0.6) is 0 Å². The van der Waals surface area contributed by atoms with Gasteiger partial charge in [0, 0.05) is 42.6 Å². The quantitative estimate of drug-likeness (QED) is 0.622. The van der Waals surface area contributed by atoms with Crippen LogP contribution in [-0.2, 0) is 11.2 Å². The molecule has 0 saturated carbocycles. The van der Waals surface area contributed by atoms with Gasteiger partial charge in [0.05, 0.1) is 17.0 Å². The average Bonchev–Trinajstić information content (AvgIpc) is 3.44. The van der Waals surface area contributed by atoms with Gasteiger partial charge in [0.25, 0.3) is 5.91 Å². The molecule has 3 aromatic rings. The van der Waals surface area contributed by atoms with Crippen LogP contribution in [-0.4, -0.2) is 58.9 Å². The molecule has 5 rings (SSSR count). The van der Waals surface area contributed by atoms with Gasteiger partial charge in [0.2, 0.25) is 5.91 Å². The number of carbonyl (C=O) groups is 2. The van der Waals surface area contributed by atoms with Crippen molar-refractivity contribution in [2.75, 3.05) is 26.7 Å². The first-order chi connectivity index (χ1) is 15.0. The van der Waals surface area contributed by atoms with E-state index in [2.05, 4.69) is 24.1 Å². The van der Waals surface area contributed by atoms with Crippen molar-refractivity contribution in [3.63, 3.8) is 0 Å². The van der Waals surface area contributed by atoms with Crippen molar-refractivity contribution >= 4 is 39.6 Å². The number of rotatable bonds is 4. The molecule has 1 aliphatic heterocycles. The number of benzene rings is 1. The highest BCUT2D eigenvalue weighted by Crippen LogP contribution is 2.42. The molecule has 0 spiro atoms. The van der Waals surface area contributed by atoms with Gasteiger partial charge in [-0.1, -0.05) is 18.2 Å². The topological polar surface area (TPSA) is 45.6 Å². The van der Waals surface area contributed by atoms with Crippen LogP contribution in [0.1, 0.15) is 35.3 Å². The fourth-order valence-electron chi connectivity index (χ4n) is 5.17. The van der Waals surface area contributed by atoms with E-state index in [1.54, 1.807) is 4.57 Å². The molecule has 0 unspecified atom stereocenters. The number of carbonyl (C=O) groups excluding carboxylic acids is 2. The number of nitrogens with zero attached hydrogens (tertiary/aromatic N) is 3. The van der Waals surface area contributed by atoms with Gasteiger partial charge in [-0.3, -0.25) is 19.1 Å². The van der Waals surface area contributed by atoms with Crippen molar-refractivity contribution in [1.29, 1.82) is 0 Å². The molecule has 2 aliphatic rings. The number of hydrogen-bond acceptors (Lipinski definition) is 4. The van der Waals surface area contributed by atoms with Crippen LogP contribution in [0.25, 0.3) is 16.5 Å². The van der Waals surface area contributed by atoms with Gasteiger partial charge in [0.15, 0.2) is 0 Å². The van der Waals surface area contributed by atoms with E-state index in [0.29, 0.717) is 0 Å². The van der Waals surface area contributed by atoms with Crippen molar-refractivity contribution in [1.82, 2.24) is 14.4 Å². The van der Waals surface area contributed by atoms with Gasteiger partial charge in [0.1, 0.15) is 0 Å². The molecule has 160 valence electrons. The SMILES string of the molecule is CCN(CC)C(=O)[C@@H]1C=C2c3cccc4c3c(cn4C(=O)c3ccsc3)C[C@H]2N(C)C1. The highest BCUT2D eigenvalue weighted by atomic mass is 32.1. The molecule has 0 bridgehead atoms. The summed E-state index contributed by atoms with van der Waals surface area (Å²) in [5, 5.41) is 4.99. The molecule has 6 heteroatoms. The highest BCUT2D eigenvalue weighted by Gasteiger charge is 2.37. The predicted molar refractivity (Wildman–Crippen MR) is 126 cm³/mol. The van der Waals surface area contributed by atoms with E-state index < -0.39 is 0 Å². The molecule has 31 heavy (non-hydrogen) atoms. The summed E-state index contributed by atoms with van der Waals surface area (Å²) in [6.45, 7) is 6.25. The van der Waals surface area contributed by atoms with E-state index >= 15 is 0 Å². The second-order valence-corrected chi connectivity index (χ2v) is 9.22. The Labute approximate surface area is 186 Å². The van der Waals surface area contributed by atoms with Crippen LogP contribution >= 0.6 is 11.3 Å². The van der Waals surface area contributed by atoms with E-state index in [0.717, 1.165) is 48.1 Å². The monoisotopic (exact) mass is 433 g/mol. The lowest BCUT2D eigenvalue weighted by Crippen LogP contribution is -2.47. The summed E-state index contributed by atoms with van der Waals surface area (Å²) in [6.07, 6.45) is 5.07.